The van der Waals surface area contributed by atoms with Crippen molar-refractivity contribution in [2.75, 3.05) is 11.9 Å². The lowest BCUT2D eigenvalue weighted by Gasteiger charge is -2.36. The lowest BCUT2D eigenvalue weighted by atomic mass is 9.84. The molecule has 1 aliphatic rings. The Labute approximate surface area is 123 Å². The van der Waals surface area contributed by atoms with E-state index in [4.69, 9.17) is 4.74 Å². The monoisotopic (exact) mass is 283 g/mol. The van der Waals surface area contributed by atoms with Crippen LogP contribution in [0.15, 0.2) is 48.5 Å². The zero-order chi connectivity index (χ0) is 14.9. The number of carboxylic acids is 1. The standard InChI is InChI=1S/C17H17NO3/c1-12-5-4-6-13(11-12)18-17(16(19)20)9-10-21-15-8-3-2-7-14(15)17/h2-8,11,18H,9-10H2,1H3,(H,19,20). The van der Waals surface area contributed by atoms with Crippen LogP contribution in [-0.2, 0) is 10.3 Å². The molecule has 1 unspecified atom stereocenters. The maximum atomic E-state index is 12.0. The zero-order valence-corrected chi connectivity index (χ0v) is 11.8. The molecule has 0 aliphatic carbocycles. The van der Waals surface area contributed by atoms with Gasteiger partial charge in [-0.25, -0.2) is 4.79 Å². The second-order valence-corrected chi connectivity index (χ2v) is 5.30. The van der Waals surface area contributed by atoms with Crippen LogP contribution in [0, 0.1) is 6.92 Å². The number of benzene rings is 2. The fraction of sp³-hybridized carbons (Fsp3) is 0.235. The van der Waals surface area contributed by atoms with E-state index in [9.17, 15) is 9.90 Å². The van der Waals surface area contributed by atoms with Crippen LogP contribution in [-0.4, -0.2) is 17.7 Å². The average Bonchev–Trinajstić information content (AvgIpc) is 2.47. The lowest BCUT2D eigenvalue weighted by Crippen LogP contribution is -2.47. The second kappa shape index (κ2) is 5.13. The molecular weight excluding hydrogens is 266 g/mol. The van der Waals surface area contributed by atoms with Gasteiger partial charge in [0, 0.05) is 17.7 Å². The summed E-state index contributed by atoms with van der Waals surface area (Å²) < 4.78 is 5.59. The molecule has 0 bridgehead atoms. The van der Waals surface area contributed by atoms with Gasteiger partial charge in [0.05, 0.1) is 6.61 Å². The molecule has 4 nitrogen and oxygen atoms in total. The highest BCUT2D eigenvalue weighted by Crippen LogP contribution is 2.39. The van der Waals surface area contributed by atoms with Crippen LogP contribution < -0.4 is 10.1 Å². The molecule has 0 saturated heterocycles. The summed E-state index contributed by atoms with van der Waals surface area (Å²) in [6.07, 6.45) is 0.382. The normalized spacial score (nSPS) is 20.2. The molecule has 0 radical (unpaired) electrons. The molecule has 2 N–H and O–H groups in total. The van der Waals surface area contributed by atoms with Gasteiger partial charge in [0.2, 0.25) is 0 Å². The molecule has 3 rings (SSSR count). The van der Waals surface area contributed by atoms with Gasteiger partial charge >= 0.3 is 5.97 Å². The van der Waals surface area contributed by atoms with Gasteiger partial charge in [-0.05, 0) is 30.7 Å². The Balaban J connectivity index is 2.08. The molecule has 2 aromatic rings. The van der Waals surface area contributed by atoms with E-state index in [0.29, 0.717) is 24.3 Å². The number of para-hydroxylation sites is 1. The fourth-order valence-corrected chi connectivity index (χ4v) is 2.77. The number of nitrogens with one attached hydrogen (secondary N) is 1. The number of rotatable bonds is 3. The van der Waals surface area contributed by atoms with Crippen molar-refractivity contribution >= 4 is 11.7 Å². The molecule has 0 amide bonds. The number of fused-ring (bicyclic) bond motifs is 1. The van der Waals surface area contributed by atoms with Crippen molar-refractivity contribution in [3.8, 4) is 5.75 Å². The molecule has 1 aliphatic heterocycles. The minimum absolute atomic E-state index is 0.377. The first-order valence-corrected chi connectivity index (χ1v) is 6.92. The molecule has 1 heterocycles. The summed E-state index contributed by atoms with van der Waals surface area (Å²) in [4.78, 5) is 12.0. The van der Waals surface area contributed by atoms with Crippen molar-refractivity contribution < 1.29 is 14.6 Å². The SMILES string of the molecule is Cc1cccc(NC2(C(=O)O)CCOc3ccccc32)c1. The Morgan fingerprint density at radius 3 is 2.81 bits per heavy atom. The summed E-state index contributed by atoms with van der Waals surface area (Å²) in [7, 11) is 0. The van der Waals surface area contributed by atoms with Crippen LogP contribution in [0.5, 0.6) is 5.75 Å². The van der Waals surface area contributed by atoms with Gasteiger partial charge in [0.25, 0.3) is 0 Å². The van der Waals surface area contributed by atoms with Crippen molar-refractivity contribution in [3.05, 3.63) is 59.7 Å². The highest BCUT2D eigenvalue weighted by atomic mass is 16.5. The molecular formula is C17H17NO3. The lowest BCUT2D eigenvalue weighted by molar-refractivity contribution is -0.143. The summed E-state index contributed by atoms with van der Waals surface area (Å²) in [5.41, 5.74) is 1.41. The summed E-state index contributed by atoms with van der Waals surface area (Å²) in [5.74, 6) is -0.258. The highest BCUT2D eigenvalue weighted by Gasteiger charge is 2.44. The fourth-order valence-electron chi connectivity index (χ4n) is 2.77. The molecule has 108 valence electrons. The van der Waals surface area contributed by atoms with Gasteiger partial charge in [-0.3, -0.25) is 0 Å². The number of carbonyl (C=O) groups is 1. The summed E-state index contributed by atoms with van der Waals surface area (Å²) >= 11 is 0. The minimum Gasteiger partial charge on any atom is -0.493 e. The molecule has 1 atom stereocenters. The largest absolute Gasteiger partial charge is 0.493 e. The first kappa shape index (κ1) is 13.5. The van der Waals surface area contributed by atoms with Gasteiger partial charge in [0.1, 0.15) is 5.75 Å². The smallest absolute Gasteiger partial charge is 0.334 e. The molecule has 21 heavy (non-hydrogen) atoms. The number of hydrogen-bond donors (Lipinski definition) is 2. The molecule has 0 fully saturated rings. The molecule has 0 spiro atoms. The number of anilines is 1. The van der Waals surface area contributed by atoms with E-state index in [1.165, 1.54) is 0 Å². The predicted octanol–water partition coefficient (Wildman–Crippen LogP) is 3.17. The van der Waals surface area contributed by atoms with E-state index in [1.54, 1.807) is 0 Å². The van der Waals surface area contributed by atoms with Crippen LogP contribution >= 0.6 is 0 Å². The topological polar surface area (TPSA) is 58.6 Å². The van der Waals surface area contributed by atoms with Gasteiger partial charge in [0.15, 0.2) is 5.54 Å². The van der Waals surface area contributed by atoms with E-state index in [-0.39, 0.29) is 0 Å². The van der Waals surface area contributed by atoms with Crippen LogP contribution in [0.3, 0.4) is 0 Å². The summed E-state index contributed by atoms with van der Waals surface area (Å²) in [6.45, 7) is 2.36. The van der Waals surface area contributed by atoms with E-state index in [2.05, 4.69) is 5.32 Å². The Morgan fingerprint density at radius 1 is 1.24 bits per heavy atom. The number of aryl methyl sites for hydroxylation is 1. The quantitative estimate of drug-likeness (QED) is 0.908. The van der Waals surface area contributed by atoms with Crippen LogP contribution in [0.1, 0.15) is 17.5 Å². The number of carboxylic acid groups (broad SMARTS) is 1. The Hall–Kier alpha value is -2.49. The van der Waals surface area contributed by atoms with Crippen molar-refractivity contribution in [1.29, 1.82) is 0 Å². The highest BCUT2D eigenvalue weighted by molar-refractivity contribution is 5.86. The van der Waals surface area contributed by atoms with Gasteiger partial charge in [-0.1, -0.05) is 30.3 Å². The first-order chi connectivity index (χ1) is 10.1. The molecule has 4 heteroatoms. The van der Waals surface area contributed by atoms with E-state index in [0.717, 1.165) is 11.3 Å². The maximum absolute atomic E-state index is 12.0. The van der Waals surface area contributed by atoms with Gasteiger partial charge in [-0.15, -0.1) is 0 Å². The van der Waals surface area contributed by atoms with Crippen molar-refractivity contribution in [1.82, 2.24) is 0 Å². The first-order valence-electron chi connectivity index (χ1n) is 6.92. The van der Waals surface area contributed by atoms with E-state index in [1.807, 2.05) is 55.5 Å². The number of aliphatic carboxylic acids is 1. The van der Waals surface area contributed by atoms with Crippen LogP contribution in [0.4, 0.5) is 5.69 Å². The summed E-state index contributed by atoms with van der Waals surface area (Å²) in [6, 6.07) is 15.0. The van der Waals surface area contributed by atoms with Crippen LogP contribution in [0.25, 0.3) is 0 Å². The molecule has 0 saturated carbocycles. The van der Waals surface area contributed by atoms with Crippen LogP contribution in [0.2, 0.25) is 0 Å². The molecule has 0 aromatic heterocycles. The molecule has 2 aromatic carbocycles. The van der Waals surface area contributed by atoms with Gasteiger partial charge < -0.3 is 15.2 Å². The van der Waals surface area contributed by atoms with E-state index >= 15 is 0 Å². The Bertz CT molecular complexity index is 683. The third-order valence-corrected chi connectivity index (χ3v) is 3.82. The third-order valence-electron chi connectivity index (χ3n) is 3.82. The average molecular weight is 283 g/mol. The minimum atomic E-state index is -1.15. The Morgan fingerprint density at radius 2 is 2.05 bits per heavy atom. The predicted molar refractivity (Wildman–Crippen MR) is 80.7 cm³/mol. The maximum Gasteiger partial charge on any atom is 0.334 e. The second-order valence-electron chi connectivity index (χ2n) is 5.30. The van der Waals surface area contributed by atoms with Gasteiger partial charge in [-0.2, -0.15) is 0 Å². The number of ether oxygens (including phenoxy) is 1. The van der Waals surface area contributed by atoms with Crippen molar-refractivity contribution in [2.45, 2.75) is 18.9 Å². The van der Waals surface area contributed by atoms with Crippen molar-refractivity contribution in [2.24, 2.45) is 0 Å². The third kappa shape index (κ3) is 2.33. The number of hydrogen-bond acceptors (Lipinski definition) is 3. The Kier molecular flexibility index (Phi) is 3.29. The summed E-state index contributed by atoms with van der Waals surface area (Å²) in [5, 5.41) is 13.1. The zero-order valence-electron chi connectivity index (χ0n) is 11.8. The van der Waals surface area contributed by atoms with E-state index < -0.39 is 11.5 Å². The van der Waals surface area contributed by atoms with Crippen molar-refractivity contribution in [3.63, 3.8) is 0 Å².